The second-order valence-electron chi connectivity index (χ2n) is 4.89. The molecule has 4 heteroatoms. The van der Waals surface area contributed by atoms with Crippen molar-refractivity contribution in [3.05, 3.63) is 37.0 Å². The highest BCUT2D eigenvalue weighted by Crippen LogP contribution is 2.07. The van der Waals surface area contributed by atoms with Gasteiger partial charge in [-0.25, -0.2) is 4.79 Å². The Hall–Kier alpha value is -1.39. The minimum absolute atomic E-state index is 0.185. The summed E-state index contributed by atoms with van der Waals surface area (Å²) in [5.74, 6) is -0.519. The van der Waals surface area contributed by atoms with Crippen molar-refractivity contribution in [2.45, 2.75) is 51.0 Å². The number of rotatable bonds is 13. The van der Waals surface area contributed by atoms with Gasteiger partial charge in [-0.15, -0.1) is 6.58 Å². The summed E-state index contributed by atoms with van der Waals surface area (Å²) in [6.45, 7) is 3.10. The molecule has 0 aliphatic heterocycles. The zero-order chi connectivity index (χ0) is 15.8. The average molecular weight is 296 g/mol. The van der Waals surface area contributed by atoms with E-state index in [4.69, 9.17) is 14.9 Å². The standard InChI is InChI=1S/C17H28O4/c1-2-3-4-5-6-7-8-9-10-11-12-13-17(20)21-15-16(19)14-18/h2,10-13,16,18-19H,1,3-9,14-15H2/b11-10+,13-12+/t16-/m1/s1. The zero-order valence-corrected chi connectivity index (χ0v) is 12.7. The van der Waals surface area contributed by atoms with E-state index in [2.05, 4.69) is 6.58 Å². The quantitative estimate of drug-likeness (QED) is 0.180. The van der Waals surface area contributed by atoms with Crippen LogP contribution >= 0.6 is 0 Å². The molecule has 2 N–H and O–H groups in total. The molecule has 0 saturated carbocycles. The number of carbonyl (C=O) groups is 1. The Morgan fingerprint density at radius 1 is 1.10 bits per heavy atom. The molecule has 0 rings (SSSR count). The van der Waals surface area contributed by atoms with Crippen LogP contribution in [0.25, 0.3) is 0 Å². The minimum atomic E-state index is -1.01. The largest absolute Gasteiger partial charge is 0.460 e. The highest BCUT2D eigenvalue weighted by molar-refractivity contribution is 5.82. The zero-order valence-electron chi connectivity index (χ0n) is 12.7. The van der Waals surface area contributed by atoms with E-state index in [1.807, 2.05) is 18.2 Å². The molecule has 0 radical (unpaired) electrons. The highest BCUT2D eigenvalue weighted by atomic mass is 16.5. The smallest absolute Gasteiger partial charge is 0.330 e. The Bertz CT molecular complexity index is 321. The summed E-state index contributed by atoms with van der Waals surface area (Å²) in [6.07, 6.45) is 16.0. The maximum atomic E-state index is 11.2. The second-order valence-corrected chi connectivity index (χ2v) is 4.89. The number of aliphatic hydroxyl groups is 2. The third kappa shape index (κ3) is 14.8. The van der Waals surface area contributed by atoms with Crippen LogP contribution in [0.5, 0.6) is 0 Å². The molecule has 1 atom stereocenters. The van der Waals surface area contributed by atoms with Crippen molar-refractivity contribution in [3.63, 3.8) is 0 Å². The number of esters is 1. The Morgan fingerprint density at radius 2 is 1.76 bits per heavy atom. The van der Waals surface area contributed by atoms with Crippen molar-refractivity contribution in [1.82, 2.24) is 0 Å². The van der Waals surface area contributed by atoms with Gasteiger partial charge in [0.05, 0.1) is 6.61 Å². The van der Waals surface area contributed by atoms with E-state index in [-0.39, 0.29) is 6.61 Å². The lowest BCUT2D eigenvalue weighted by Crippen LogP contribution is -2.21. The predicted molar refractivity (Wildman–Crippen MR) is 84.8 cm³/mol. The van der Waals surface area contributed by atoms with Gasteiger partial charge < -0.3 is 14.9 Å². The summed E-state index contributed by atoms with van der Waals surface area (Å²) < 4.78 is 4.71. The Kier molecular flexibility index (Phi) is 14.0. The predicted octanol–water partition coefficient (Wildman–Crippen LogP) is 2.91. The molecule has 4 nitrogen and oxygen atoms in total. The van der Waals surface area contributed by atoms with E-state index in [9.17, 15) is 4.79 Å². The summed E-state index contributed by atoms with van der Waals surface area (Å²) in [5.41, 5.74) is 0. The molecule has 0 aromatic carbocycles. The summed E-state index contributed by atoms with van der Waals surface area (Å²) in [6, 6.07) is 0. The van der Waals surface area contributed by atoms with Gasteiger partial charge in [0.25, 0.3) is 0 Å². The molecule has 0 aromatic heterocycles. The van der Waals surface area contributed by atoms with Crippen molar-refractivity contribution in [2.75, 3.05) is 13.2 Å². The van der Waals surface area contributed by atoms with E-state index in [1.165, 1.54) is 31.8 Å². The van der Waals surface area contributed by atoms with Crippen LogP contribution in [0.4, 0.5) is 0 Å². The van der Waals surface area contributed by atoms with Crippen LogP contribution in [0.15, 0.2) is 37.0 Å². The lowest BCUT2D eigenvalue weighted by molar-refractivity contribution is -0.141. The lowest BCUT2D eigenvalue weighted by atomic mass is 10.1. The topological polar surface area (TPSA) is 66.8 Å². The molecule has 0 aliphatic carbocycles. The molecule has 0 saturated heterocycles. The molecule has 0 bridgehead atoms. The molecular formula is C17H28O4. The van der Waals surface area contributed by atoms with Crippen molar-refractivity contribution >= 4 is 5.97 Å². The number of carbonyl (C=O) groups excluding carboxylic acids is 1. The van der Waals surface area contributed by atoms with Crippen LogP contribution in [0.3, 0.4) is 0 Å². The number of aliphatic hydroxyl groups excluding tert-OH is 2. The van der Waals surface area contributed by atoms with E-state index in [0.717, 1.165) is 19.3 Å². The van der Waals surface area contributed by atoms with Gasteiger partial charge in [-0.1, -0.05) is 43.6 Å². The Labute approximate surface area is 127 Å². The molecule has 0 fully saturated rings. The molecule has 0 spiro atoms. The van der Waals surface area contributed by atoms with Crippen molar-refractivity contribution in [1.29, 1.82) is 0 Å². The van der Waals surface area contributed by atoms with Crippen molar-refractivity contribution in [2.24, 2.45) is 0 Å². The first-order valence-electron chi connectivity index (χ1n) is 7.60. The maximum absolute atomic E-state index is 11.2. The number of allylic oxidation sites excluding steroid dienone is 4. The van der Waals surface area contributed by atoms with Gasteiger partial charge in [0.1, 0.15) is 12.7 Å². The van der Waals surface area contributed by atoms with Gasteiger partial charge in [0.15, 0.2) is 0 Å². The third-order valence-electron chi connectivity index (χ3n) is 2.89. The van der Waals surface area contributed by atoms with Crippen LogP contribution in [-0.4, -0.2) is 35.5 Å². The molecule has 21 heavy (non-hydrogen) atoms. The minimum Gasteiger partial charge on any atom is -0.460 e. The fourth-order valence-corrected chi connectivity index (χ4v) is 1.67. The van der Waals surface area contributed by atoms with Gasteiger partial charge in [-0.3, -0.25) is 0 Å². The first-order valence-corrected chi connectivity index (χ1v) is 7.60. The van der Waals surface area contributed by atoms with E-state index in [1.54, 1.807) is 6.08 Å². The number of hydrogen-bond acceptors (Lipinski definition) is 4. The summed E-state index contributed by atoms with van der Waals surface area (Å²) in [4.78, 5) is 11.2. The van der Waals surface area contributed by atoms with Crippen LogP contribution in [0, 0.1) is 0 Å². The fraction of sp³-hybridized carbons (Fsp3) is 0.588. The van der Waals surface area contributed by atoms with Crippen LogP contribution < -0.4 is 0 Å². The normalized spacial score (nSPS) is 12.9. The third-order valence-corrected chi connectivity index (χ3v) is 2.89. The molecule has 120 valence electrons. The maximum Gasteiger partial charge on any atom is 0.330 e. The molecule has 0 aromatic rings. The fourth-order valence-electron chi connectivity index (χ4n) is 1.67. The Morgan fingerprint density at radius 3 is 2.43 bits per heavy atom. The van der Waals surface area contributed by atoms with Crippen LogP contribution in [0.2, 0.25) is 0 Å². The van der Waals surface area contributed by atoms with Gasteiger partial charge >= 0.3 is 5.97 Å². The van der Waals surface area contributed by atoms with Gasteiger partial charge in [-0.05, 0) is 25.7 Å². The van der Waals surface area contributed by atoms with E-state index in [0.29, 0.717) is 0 Å². The van der Waals surface area contributed by atoms with Crippen LogP contribution in [-0.2, 0) is 9.53 Å². The highest BCUT2D eigenvalue weighted by Gasteiger charge is 2.03. The summed E-state index contributed by atoms with van der Waals surface area (Å²) in [7, 11) is 0. The molecule has 0 unspecified atom stereocenters. The van der Waals surface area contributed by atoms with Gasteiger partial charge in [0, 0.05) is 6.08 Å². The second kappa shape index (κ2) is 15.0. The first kappa shape index (κ1) is 19.6. The molecule has 0 aliphatic rings. The first-order chi connectivity index (χ1) is 10.2. The number of ether oxygens (including phenoxy) is 1. The van der Waals surface area contributed by atoms with Crippen LogP contribution in [0.1, 0.15) is 44.9 Å². The van der Waals surface area contributed by atoms with Crippen molar-refractivity contribution < 1.29 is 19.7 Å². The van der Waals surface area contributed by atoms with E-state index >= 15 is 0 Å². The van der Waals surface area contributed by atoms with Gasteiger partial charge in [-0.2, -0.15) is 0 Å². The molecular weight excluding hydrogens is 268 g/mol. The monoisotopic (exact) mass is 296 g/mol. The number of unbranched alkanes of at least 4 members (excludes halogenated alkanes) is 6. The average Bonchev–Trinajstić information content (AvgIpc) is 2.50. The SMILES string of the molecule is C=CCCCCCCC/C=C/C=C/C(=O)OC[C@H](O)CO. The van der Waals surface area contributed by atoms with Gasteiger partial charge in [0.2, 0.25) is 0 Å². The van der Waals surface area contributed by atoms with E-state index < -0.39 is 18.7 Å². The molecule has 0 amide bonds. The number of hydrogen-bond donors (Lipinski definition) is 2. The molecule has 0 heterocycles. The summed E-state index contributed by atoms with van der Waals surface area (Å²) in [5, 5.41) is 17.5. The van der Waals surface area contributed by atoms with Crippen molar-refractivity contribution in [3.8, 4) is 0 Å². The summed E-state index contributed by atoms with van der Waals surface area (Å²) >= 11 is 0. The Balaban J connectivity index is 3.47. The lowest BCUT2D eigenvalue weighted by Gasteiger charge is -2.05.